The summed E-state index contributed by atoms with van der Waals surface area (Å²) in [6, 6.07) is 13.1. The zero-order valence-electron chi connectivity index (χ0n) is 13.6. The lowest BCUT2D eigenvalue weighted by atomic mass is 9.80. The molecule has 24 heavy (non-hydrogen) atoms. The van der Waals surface area contributed by atoms with E-state index in [1.54, 1.807) is 4.68 Å². The summed E-state index contributed by atoms with van der Waals surface area (Å²) in [4.78, 5) is 9.28. The Morgan fingerprint density at radius 3 is 2.79 bits per heavy atom. The average Bonchev–Trinajstić information content (AvgIpc) is 2.92. The first-order chi connectivity index (χ1) is 11.8. The van der Waals surface area contributed by atoms with Crippen molar-refractivity contribution in [2.45, 2.75) is 25.2 Å². The van der Waals surface area contributed by atoms with Crippen molar-refractivity contribution in [3.63, 3.8) is 0 Å². The van der Waals surface area contributed by atoms with Crippen molar-refractivity contribution in [2.75, 3.05) is 0 Å². The first kappa shape index (κ1) is 13.7. The summed E-state index contributed by atoms with van der Waals surface area (Å²) < 4.78 is 1.79. The average molecular weight is 314 g/mol. The van der Waals surface area contributed by atoms with Crippen LogP contribution in [0.4, 0.5) is 0 Å². The fourth-order valence-corrected chi connectivity index (χ4v) is 3.47. The summed E-state index contributed by atoms with van der Waals surface area (Å²) in [6.07, 6.45) is 7.86. The molecule has 118 valence electrons. The van der Waals surface area contributed by atoms with Crippen molar-refractivity contribution in [3.8, 4) is 11.3 Å². The molecule has 0 unspecified atom stereocenters. The Bertz CT molecular complexity index is 1060. The molecule has 0 bridgehead atoms. The number of benzene rings is 1. The monoisotopic (exact) mass is 314 g/mol. The van der Waals surface area contributed by atoms with Gasteiger partial charge in [-0.2, -0.15) is 5.10 Å². The van der Waals surface area contributed by atoms with Crippen LogP contribution in [0.15, 0.2) is 48.8 Å². The van der Waals surface area contributed by atoms with Gasteiger partial charge in [0.1, 0.15) is 0 Å². The van der Waals surface area contributed by atoms with Crippen LogP contribution in [0.2, 0.25) is 0 Å². The van der Waals surface area contributed by atoms with Crippen molar-refractivity contribution < 1.29 is 0 Å². The minimum Gasteiger partial charge on any atom is -0.273 e. The number of fused-ring (bicyclic) bond motifs is 2. The number of aryl methyl sites for hydroxylation is 1. The molecular weight excluding hydrogens is 296 g/mol. The van der Waals surface area contributed by atoms with Gasteiger partial charge in [0.15, 0.2) is 5.65 Å². The Balaban J connectivity index is 1.57. The van der Waals surface area contributed by atoms with Gasteiger partial charge >= 0.3 is 0 Å². The van der Waals surface area contributed by atoms with Gasteiger partial charge in [0, 0.05) is 35.8 Å². The van der Waals surface area contributed by atoms with E-state index in [0.717, 1.165) is 33.7 Å². The van der Waals surface area contributed by atoms with Crippen LogP contribution in [0.1, 0.15) is 30.7 Å². The number of hydrogen-bond acceptors (Lipinski definition) is 3. The first-order valence-electron chi connectivity index (χ1n) is 8.47. The molecule has 5 rings (SSSR count). The second kappa shape index (κ2) is 5.13. The lowest BCUT2D eigenvalue weighted by Crippen LogP contribution is -2.08. The minimum atomic E-state index is 0.756. The number of aromatic nitrogens is 4. The van der Waals surface area contributed by atoms with Gasteiger partial charge in [0.2, 0.25) is 0 Å². The van der Waals surface area contributed by atoms with E-state index in [0.29, 0.717) is 0 Å². The molecule has 4 nitrogen and oxygen atoms in total. The number of pyridine rings is 2. The fourth-order valence-electron chi connectivity index (χ4n) is 3.47. The van der Waals surface area contributed by atoms with Crippen molar-refractivity contribution in [1.29, 1.82) is 0 Å². The summed E-state index contributed by atoms with van der Waals surface area (Å²) in [6.45, 7) is 0. The predicted molar refractivity (Wildman–Crippen MR) is 95.8 cm³/mol. The minimum absolute atomic E-state index is 0.756. The molecule has 0 radical (unpaired) electrons. The lowest BCUT2D eigenvalue weighted by Gasteiger charge is -2.25. The third kappa shape index (κ3) is 2.18. The van der Waals surface area contributed by atoms with Crippen LogP contribution in [0.5, 0.6) is 0 Å². The van der Waals surface area contributed by atoms with E-state index in [1.807, 2.05) is 19.4 Å². The van der Waals surface area contributed by atoms with Gasteiger partial charge in [-0.25, -0.2) is 9.97 Å². The zero-order valence-corrected chi connectivity index (χ0v) is 13.6. The largest absolute Gasteiger partial charge is 0.273 e. The van der Waals surface area contributed by atoms with Gasteiger partial charge < -0.3 is 0 Å². The van der Waals surface area contributed by atoms with Crippen LogP contribution in [0, 0.1) is 0 Å². The summed E-state index contributed by atoms with van der Waals surface area (Å²) in [5, 5.41) is 6.58. The van der Waals surface area contributed by atoms with E-state index in [4.69, 9.17) is 4.98 Å². The Morgan fingerprint density at radius 2 is 1.96 bits per heavy atom. The molecule has 0 amide bonds. The molecule has 0 atom stereocenters. The van der Waals surface area contributed by atoms with Gasteiger partial charge in [0.25, 0.3) is 0 Å². The first-order valence-corrected chi connectivity index (χ1v) is 8.47. The standard InChI is InChI=1S/C20H18N4/c1-24-12-17-10-16(11-21-20(17)23-24)19-8-6-15-9-14(13-3-2-4-13)5-7-18(15)22-19/h5-13H,2-4H2,1H3. The Hall–Kier alpha value is -2.75. The highest BCUT2D eigenvalue weighted by Crippen LogP contribution is 2.37. The Kier molecular flexibility index (Phi) is 2.92. The molecule has 1 aromatic carbocycles. The number of rotatable bonds is 2. The van der Waals surface area contributed by atoms with Gasteiger partial charge in [-0.15, -0.1) is 0 Å². The topological polar surface area (TPSA) is 43.6 Å². The highest BCUT2D eigenvalue weighted by atomic mass is 15.3. The second-order valence-electron chi connectivity index (χ2n) is 6.72. The molecule has 1 aliphatic rings. The third-order valence-electron chi connectivity index (χ3n) is 5.06. The lowest BCUT2D eigenvalue weighted by molar-refractivity contribution is 0.420. The van der Waals surface area contributed by atoms with Gasteiger partial charge in [-0.3, -0.25) is 4.68 Å². The van der Waals surface area contributed by atoms with E-state index < -0.39 is 0 Å². The van der Waals surface area contributed by atoms with Crippen molar-refractivity contribution in [1.82, 2.24) is 19.7 Å². The molecule has 1 saturated carbocycles. The van der Waals surface area contributed by atoms with Crippen LogP contribution in [-0.2, 0) is 7.05 Å². The van der Waals surface area contributed by atoms with Gasteiger partial charge in [-0.1, -0.05) is 18.6 Å². The van der Waals surface area contributed by atoms with Crippen molar-refractivity contribution in [2.24, 2.45) is 7.05 Å². The summed E-state index contributed by atoms with van der Waals surface area (Å²) in [5.74, 6) is 0.756. The Labute approximate surface area is 140 Å². The molecular formula is C20H18N4. The molecule has 0 spiro atoms. The zero-order chi connectivity index (χ0) is 16.1. The molecule has 4 heteroatoms. The maximum absolute atomic E-state index is 4.84. The van der Waals surface area contributed by atoms with E-state index in [1.165, 1.54) is 30.2 Å². The predicted octanol–water partition coefficient (Wildman–Crippen LogP) is 4.45. The quantitative estimate of drug-likeness (QED) is 0.549. The van der Waals surface area contributed by atoms with Crippen LogP contribution >= 0.6 is 0 Å². The normalized spacial score (nSPS) is 15.0. The van der Waals surface area contributed by atoms with E-state index in [2.05, 4.69) is 46.5 Å². The Morgan fingerprint density at radius 1 is 1.04 bits per heavy atom. The number of hydrogen-bond donors (Lipinski definition) is 0. The van der Waals surface area contributed by atoms with Crippen molar-refractivity contribution in [3.05, 3.63) is 54.4 Å². The molecule has 3 heterocycles. The third-order valence-corrected chi connectivity index (χ3v) is 5.06. The maximum Gasteiger partial charge on any atom is 0.181 e. The molecule has 4 aromatic rings. The SMILES string of the molecule is Cn1cc2cc(-c3ccc4cc(C5CCC5)ccc4n3)cnc2n1. The maximum atomic E-state index is 4.84. The molecule has 0 N–H and O–H groups in total. The smallest absolute Gasteiger partial charge is 0.181 e. The van der Waals surface area contributed by atoms with Crippen molar-refractivity contribution >= 4 is 21.9 Å². The molecule has 1 aliphatic carbocycles. The van der Waals surface area contributed by atoms with Crippen LogP contribution in [0.25, 0.3) is 33.2 Å². The fraction of sp³-hybridized carbons (Fsp3) is 0.250. The highest BCUT2D eigenvalue weighted by Gasteiger charge is 2.19. The van der Waals surface area contributed by atoms with E-state index >= 15 is 0 Å². The molecule has 0 saturated heterocycles. The highest BCUT2D eigenvalue weighted by molar-refractivity contribution is 5.84. The summed E-state index contributed by atoms with van der Waals surface area (Å²) in [7, 11) is 1.91. The molecule has 0 aliphatic heterocycles. The second-order valence-corrected chi connectivity index (χ2v) is 6.72. The summed E-state index contributed by atoms with van der Waals surface area (Å²) >= 11 is 0. The molecule has 1 fully saturated rings. The van der Waals surface area contributed by atoms with Crippen LogP contribution in [-0.4, -0.2) is 19.7 Å². The van der Waals surface area contributed by atoms with Crippen LogP contribution in [0.3, 0.4) is 0 Å². The molecule has 3 aromatic heterocycles. The van der Waals surface area contributed by atoms with Crippen LogP contribution < -0.4 is 0 Å². The van der Waals surface area contributed by atoms with Gasteiger partial charge in [0.05, 0.1) is 11.2 Å². The van der Waals surface area contributed by atoms with E-state index in [9.17, 15) is 0 Å². The number of nitrogens with zero attached hydrogens (tertiary/aromatic N) is 4. The van der Waals surface area contributed by atoms with Gasteiger partial charge in [-0.05, 0) is 48.6 Å². The van der Waals surface area contributed by atoms with E-state index in [-0.39, 0.29) is 0 Å². The summed E-state index contributed by atoms with van der Waals surface area (Å²) in [5.41, 5.74) is 5.26.